The molecule has 11 nitrogen and oxygen atoms in total. The third-order valence-electron chi connectivity index (χ3n) is 4.08. The molecule has 28 heavy (non-hydrogen) atoms. The maximum atomic E-state index is 12.7. The van der Waals surface area contributed by atoms with Crippen LogP contribution in [0.2, 0.25) is 0 Å². The van der Waals surface area contributed by atoms with Crippen molar-refractivity contribution < 1.29 is 40.2 Å². The van der Waals surface area contributed by atoms with Crippen LogP contribution in [0.1, 0.15) is 20.8 Å². The van der Waals surface area contributed by atoms with Crippen LogP contribution >= 0.6 is 23.5 Å². The molecule has 2 amide bonds. The number of rotatable bonds is 10. The fraction of sp³-hybridized carbons (Fsp3) is 0.846. The van der Waals surface area contributed by atoms with Crippen molar-refractivity contribution in [1.82, 2.24) is 4.90 Å². The van der Waals surface area contributed by atoms with E-state index in [1.54, 1.807) is 0 Å². The van der Waals surface area contributed by atoms with E-state index in [4.69, 9.17) is 9.47 Å². The van der Waals surface area contributed by atoms with Gasteiger partial charge in [0.2, 0.25) is 8.41 Å². The topological polar surface area (TPSA) is 166 Å². The molecule has 2 N–H and O–H groups in total. The quantitative estimate of drug-likeness (QED) is 0.198. The second-order valence-corrected chi connectivity index (χ2v) is 13.1. The Hall–Kier alpha value is -0.420. The van der Waals surface area contributed by atoms with Gasteiger partial charge in [0.15, 0.2) is 0 Å². The van der Waals surface area contributed by atoms with Crippen LogP contribution in [-0.2, 0) is 29.7 Å². The van der Waals surface area contributed by atoms with Crippen LogP contribution in [-0.4, -0.2) is 88.4 Å². The molecule has 0 aromatic heterocycles. The van der Waals surface area contributed by atoms with Crippen LogP contribution in [0, 0.1) is 0 Å². The number of hydrogen-bond acceptors (Lipinski definition) is 9. The van der Waals surface area contributed by atoms with Gasteiger partial charge in [0, 0.05) is 17.7 Å². The van der Waals surface area contributed by atoms with E-state index in [2.05, 4.69) is 4.99 Å². The molecule has 2 fully saturated rings. The summed E-state index contributed by atoms with van der Waals surface area (Å²) >= 11 is 1.21. The van der Waals surface area contributed by atoms with Gasteiger partial charge in [0.25, 0.3) is 20.2 Å². The number of carbonyl (C=O) groups is 1. The number of ether oxygens (including phenoxy) is 2. The molecular weight excluding hydrogens is 456 g/mol. The van der Waals surface area contributed by atoms with Gasteiger partial charge in [-0.1, -0.05) is 0 Å². The summed E-state index contributed by atoms with van der Waals surface area (Å²) in [5.74, 6) is 0.127. The van der Waals surface area contributed by atoms with E-state index in [1.165, 1.54) is 6.92 Å². The number of epoxide rings is 2. The number of urea groups is 1. The van der Waals surface area contributed by atoms with Crippen molar-refractivity contribution in [3.8, 4) is 0 Å². The summed E-state index contributed by atoms with van der Waals surface area (Å²) in [4.78, 5) is 16.6. The van der Waals surface area contributed by atoms with Crippen LogP contribution in [0.4, 0.5) is 4.79 Å². The number of amides is 2. The van der Waals surface area contributed by atoms with Gasteiger partial charge in [-0.3, -0.25) is 14.0 Å². The third-order valence-corrected chi connectivity index (χ3v) is 10.8. The monoisotopic (exact) mass is 478 g/mol. The number of nitrogens with zero attached hydrogens (tertiary/aromatic N) is 2. The van der Waals surface area contributed by atoms with Crippen LogP contribution in [0.15, 0.2) is 4.99 Å². The molecule has 2 heterocycles. The lowest BCUT2D eigenvalue weighted by Crippen LogP contribution is -2.63. The lowest BCUT2D eigenvalue weighted by molar-refractivity contribution is 0.178. The molecule has 0 spiro atoms. The Bertz CT molecular complexity index is 780. The van der Waals surface area contributed by atoms with E-state index in [-0.39, 0.29) is 23.7 Å². The molecular formula is C13H22N2O9S4. The van der Waals surface area contributed by atoms with Crippen molar-refractivity contribution in [2.24, 2.45) is 4.99 Å². The van der Waals surface area contributed by atoms with Crippen molar-refractivity contribution in [2.45, 2.75) is 41.4 Å². The Kier molecular flexibility index (Phi) is 7.13. The molecule has 0 aliphatic carbocycles. The van der Waals surface area contributed by atoms with Gasteiger partial charge in [0.1, 0.15) is 0 Å². The first kappa shape index (κ1) is 23.9. The average Bonchev–Trinajstić information content (AvgIpc) is 3.44. The summed E-state index contributed by atoms with van der Waals surface area (Å²) in [6, 6.07) is -1.25. The first-order valence-corrected chi connectivity index (χ1v) is 12.9. The minimum atomic E-state index is -5.04. The van der Waals surface area contributed by atoms with Gasteiger partial charge in [-0.05, 0) is 20.8 Å². The first-order chi connectivity index (χ1) is 12.8. The number of aliphatic imine (C=N–C) groups is 1. The smallest absolute Gasteiger partial charge is 0.347 e. The lowest BCUT2D eigenvalue weighted by atomic mass is 10.5. The molecule has 0 aromatic carbocycles. The van der Waals surface area contributed by atoms with Gasteiger partial charge in [-0.15, -0.1) is 23.5 Å². The Balaban J connectivity index is 2.58. The van der Waals surface area contributed by atoms with E-state index >= 15 is 0 Å². The predicted molar refractivity (Wildman–Crippen MR) is 106 cm³/mol. The molecule has 4 unspecified atom stereocenters. The van der Waals surface area contributed by atoms with E-state index in [1.807, 2.05) is 0 Å². The third kappa shape index (κ3) is 5.19. The maximum Gasteiger partial charge on any atom is 0.347 e. The Morgan fingerprint density at radius 3 is 1.68 bits per heavy atom. The summed E-state index contributed by atoms with van der Waals surface area (Å²) in [7, 11) is -10.1. The molecule has 15 heteroatoms. The highest BCUT2D eigenvalue weighted by Gasteiger charge is 2.60. The molecule has 2 rings (SSSR count). The minimum absolute atomic E-state index is 0.0634. The van der Waals surface area contributed by atoms with Gasteiger partial charge in [-0.2, -0.15) is 16.8 Å². The van der Waals surface area contributed by atoms with Crippen LogP contribution in [0.25, 0.3) is 0 Å². The predicted octanol–water partition coefficient (Wildman–Crippen LogP) is 0.886. The Labute approximate surface area is 172 Å². The molecule has 2 saturated heterocycles. The van der Waals surface area contributed by atoms with Crippen molar-refractivity contribution in [2.75, 3.05) is 24.7 Å². The molecule has 0 radical (unpaired) electrons. The van der Waals surface area contributed by atoms with Gasteiger partial charge >= 0.3 is 6.03 Å². The highest BCUT2D eigenvalue weighted by molar-refractivity contribution is 8.14. The largest absolute Gasteiger partial charge is 0.372 e. The molecule has 162 valence electrons. The minimum Gasteiger partial charge on any atom is -0.372 e. The van der Waals surface area contributed by atoms with Gasteiger partial charge in [-0.25, -0.2) is 9.79 Å². The van der Waals surface area contributed by atoms with Gasteiger partial charge < -0.3 is 9.47 Å². The summed E-state index contributed by atoms with van der Waals surface area (Å²) in [5, 5.41) is 0. The van der Waals surface area contributed by atoms with E-state index in [9.17, 15) is 30.7 Å². The zero-order valence-corrected chi connectivity index (χ0v) is 18.6. The van der Waals surface area contributed by atoms with Crippen LogP contribution < -0.4 is 0 Å². The molecule has 0 saturated carbocycles. The molecule has 0 bridgehead atoms. The van der Waals surface area contributed by atoms with Crippen molar-refractivity contribution in [3.05, 3.63) is 0 Å². The number of hydrogen-bond donors (Lipinski definition) is 2. The molecule has 2 aliphatic rings. The Morgan fingerprint density at radius 1 is 1.07 bits per heavy atom. The standard InChI is InChI=1S/C13H22N2O9S4/c1-4-14-11(16)15(12(2,27(17,18)19)25-7-9-5-23-9)13(3,28(20,21)22)26-8-10-6-24-10/h4,9-10H,5-8H2,1-3H3,(H,17,18,19)(H,20,21,22). The SMILES string of the molecule is CC=NC(=O)N(C(C)(SCC1CO1)S(=O)(=O)O)C(C)(SCC1CO1)S(=O)(=O)O. The average molecular weight is 479 g/mol. The van der Waals surface area contributed by atoms with E-state index < -0.39 is 34.7 Å². The fourth-order valence-electron chi connectivity index (χ4n) is 2.22. The van der Waals surface area contributed by atoms with E-state index in [0.29, 0.717) is 41.6 Å². The molecule has 0 aromatic rings. The van der Waals surface area contributed by atoms with Gasteiger partial charge in [0.05, 0.1) is 25.4 Å². The van der Waals surface area contributed by atoms with Crippen molar-refractivity contribution >= 4 is 56.0 Å². The first-order valence-electron chi connectivity index (χ1n) is 8.04. The zero-order chi connectivity index (χ0) is 21.4. The fourth-order valence-corrected chi connectivity index (χ4v) is 7.19. The zero-order valence-electron chi connectivity index (χ0n) is 15.3. The second kappa shape index (κ2) is 8.37. The maximum absolute atomic E-state index is 12.7. The number of thioether (sulfide) groups is 2. The van der Waals surface area contributed by atoms with Crippen molar-refractivity contribution in [1.29, 1.82) is 0 Å². The summed E-state index contributed by atoms with van der Waals surface area (Å²) in [6.45, 7) is 4.09. The van der Waals surface area contributed by atoms with E-state index in [0.717, 1.165) is 20.1 Å². The Morgan fingerprint density at radius 2 is 1.43 bits per heavy atom. The molecule has 2 aliphatic heterocycles. The lowest BCUT2D eigenvalue weighted by Gasteiger charge is -2.45. The van der Waals surface area contributed by atoms with Crippen molar-refractivity contribution in [3.63, 3.8) is 0 Å². The van der Waals surface area contributed by atoms with Crippen LogP contribution in [0.5, 0.6) is 0 Å². The van der Waals surface area contributed by atoms with Crippen LogP contribution in [0.3, 0.4) is 0 Å². The normalized spacial score (nSPS) is 26.5. The highest BCUT2D eigenvalue weighted by atomic mass is 32.3. The summed E-state index contributed by atoms with van der Waals surface area (Å²) < 4.78 is 74.2. The number of carbonyl (C=O) groups excluding carboxylic acids is 1. The molecule has 4 atom stereocenters. The highest BCUT2D eigenvalue weighted by Crippen LogP contribution is 2.47. The summed E-state index contributed by atoms with van der Waals surface area (Å²) in [6.07, 6.45) is 0.470. The second-order valence-electron chi connectivity index (χ2n) is 6.28. The summed E-state index contributed by atoms with van der Waals surface area (Å²) in [5.41, 5.74) is 0.